The molecule has 4 N–H and O–H groups in total. The normalized spacial score (nSPS) is 30.6. The zero-order chi connectivity index (χ0) is 14.8. The van der Waals surface area contributed by atoms with Crippen LogP contribution in [0.15, 0.2) is 0 Å². The third-order valence-electron chi connectivity index (χ3n) is 4.36. The van der Waals surface area contributed by atoms with E-state index in [0.717, 1.165) is 12.8 Å². The highest BCUT2D eigenvalue weighted by Crippen LogP contribution is 2.17. The Hall–Kier alpha value is -0.160. The SMILES string of the molecule is CCCCCCCCCCC[C@@H]1NC[C@@H](O)[C@@H](O)[C@@H]1O. The zero-order valence-electron chi connectivity index (χ0n) is 12.9. The van der Waals surface area contributed by atoms with Gasteiger partial charge < -0.3 is 20.6 Å². The van der Waals surface area contributed by atoms with Crippen LogP contribution in [0.5, 0.6) is 0 Å². The van der Waals surface area contributed by atoms with Crippen LogP contribution in [-0.2, 0) is 0 Å². The van der Waals surface area contributed by atoms with Gasteiger partial charge in [0.1, 0.15) is 6.10 Å². The molecular formula is C16H33NO3. The van der Waals surface area contributed by atoms with E-state index in [2.05, 4.69) is 12.2 Å². The molecule has 4 heteroatoms. The summed E-state index contributed by atoms with van der Waals surface area (Å²) < 4.78 is 0. The van der Waals surface area contributed by atoms with Crippen molar-refractivity contribution in [2.24, 2.45) is 0 Å². The van der Waals surface area contributed by atoms with Crippen LogP contribution in [0, 0.1) is 0 Å². The Balaban J connectivity index is 1.96. The summed E-state index contributed by atoms with van der Waals surface area (Å²) in [7, 11) is 0. The summed E-state index contributed by atoms with van der Waals surface area (Å²) >= 11 is 0. The number of piperidine rings is 1. The minimum atomic E-state index is -1.00. The van der Waals surface area contributed by atoms with Gasteiger partial charge in [-0.15, -0.1) is 0 Å². The van der Waals surface area contributed by atoms with Gasteiger partial charge in [0.15, 0.2) is 0 Å². The van der Waals surface area contributed by atoms with E-state index in [9.17, 15) is 15.3 Å². The van der Waals surface area contributed by atoms with E-state index < -0.39 is 18.3 Å². The molecule has 120 valence electrons. The van der Waals surface area contributed by atoms with Crippen LogP contribution in [0.3, 0.4) is 0 Å². The quantitative estimate of drug-likeness (QED) is 0.464. The average molecular weight is 287 g/mol. The highest BCUT2D eigenvalue weighted by molar-refractivity contribution is 4.91. The van der Waals surface area contributed by atoms with Gasteiger partial charge in [0.25, 0.3) is 0 Å². The summed E-state index contributed by atoms with van der Waals surface area (Å²) in [6, 6.07) is -0.0713. The molecule has 4 atom stereocenters. The predicted molar refractivity (Wildman–Crippen MR) is 81.7 cm³/mol. The molecule has 0 spiro atoms. The Morgan fingerprint density at radius 2 is 1.35 bits per heavy atom. The van der Waals surface area contributed by atoms with Crippen molar-refractivity contribution >= 4 is 0 Å². The monoisotopic (exact) mass is 287 g/mol. The fraction of sp³-hybridized carbons (Fsp3) is 1.00. The van der Waals surface area contributed by atoms with Crippen molar-refractivity contribution in [2.45, 2.75) is 95.5 Å². The van der Waals surface area contributed by atoms with Crippen molar-refractivity contribution in [1.82, 2.24) is 5.32 Å². The van der Waals surface area contributed by atoms with Gasteiger partial charge in [-0.3, -0.25) is 0 Å². The van der Waals surface area contributed by atoms with Gasteiger partial charge in [0.05, 0.1) is 12.2 Å². The van der Waals surface area contributed by atoms with E-state index in [-0.39, 0.29) is 6.04 Å². The van der Waals surface area contributed by atoms with E-state index in [4.69, 9.17) is 0 Å². The first kappa shape index (κ1) is 17.9. The van der Waals surface area contributed by atoms with E-state index in [1.807, 2.05) is 0 Å². The number of aliphatic hydroxyl groups excluding tert-OH is 3. The molecule has 20 heavy (non-hydrogen) atoms. The van der Waals surface area contributed by atoms with Crippen molar-refractivity contribution in [2.75, 3.05) is 6.54 Å². The van der Waals surface area contributed by atoms with Crippen molar-refractivity contribution in [3.8, 4) is 0 Å². The molecule has 0 bridgehead atoms. The lowest BCUT2D eigenvalue weighted by atomic mass is 9.92. The number of aliphatic hydroxyl groups is 3. The zero-order valence-corrected chi connectivity index (χ0v) is 12.9. The maximum Gasteiger partial charge on any atom is 0.108 e. The van der Waals surface area contributed by atoms with Gasteiger partial charge in [-0.05, 0) is 6.42 Å². The first-order chi connectivity index (χ1) is 9.66. The fourth-order valence-electron chi connectivity index (χ4n) is 2.93. The molecule has 0 saturated carbocycles. The minimum absolute atomic E-state index is 0.0713. The third-order valence-corrected chi connectivity index (χ3v) is 4.36. The molecule has 1 aliphatic rings. The van der Waals surface area contributed by atoms with E-state index in [1.54, 1.807) is 0 Å². The summed E-state index contributed by atoms with van der Waals surface area (Å²) in [4.78, 5) is 0. The molecule has 0 aliphatic carbocycles. The molecule has 4 nitrogen and oxygen atoms in total. The summed E-state index contributed by atoms with van der Waals surface area (Å²) in [6.07, 6.45) is 9.77. The third kappa shape index (κ3) is 6.53. The van der Waals surface area contributed by atoms with Crippen molar-refractivity contribution < 1.29 is 15.3 Å². The number of hydrogen-bond acceptors (Lipinski definition) is 4. The van der Waals surface area contributed by atoms with Gasteiger partial charge in [-0.2, -0.15) is 0 Å². The summed E-state index contributed by atoms with van der Waals surface area (Å²) in [5.41, 5.74) is 0. The molecule has 0 unspecified atom stereocenters. The maximum absolute atomic E-state index is 9.86. The molecule has 1 saturated heterocycles. The Labute approximate surface area is 123 Å². The van der Waals surface area contributed by atoms with Crippen molar-refractivity contribution in [3.05, 3.63) is 0 Å². The molecule has 1 aliphatic heterocycles. The molecular weight excluding hydrogens is 254 g/mol. The maximum atomic E-state index is 9.86. The summed E-state index contributed by atoms with van der Waals surface area (Å²) in [5, 5.41) is 32.0. The number of unbranched alkanes of at least 4 members (excludes halogenated alkanes) is 8. The number of rotatable bonds is 10. The van der Waals surface area contributed by atoms with Gasteiger partial charge in [0, 0.05) is 12.6 Å². The van der Waals surface area contributed by atoms with Gasteiger partial charge in [-0.1, -0.05) is 64.7 Å². The molecule has 0 aromatic carbocycles. The standard InChI is InChI=1S/C16H33NO3/c1-2-3-4-5-6-7-8-9-10-11-13-15(19)16(20)14(18)12-17-13/h13-20H,2-12H2,1H3/t13-,14+,15+,16+/m0/s1. The van der Waals surface area contributed by atoms with E-state index in [1.165, 1.54) is 51.4 Å². The van der Waals surface area contributed by atoms with Gasteiger partial charge in [0.2, 0.25) is 0 Å². The number of nitrogens with one attached hydrogen (secondary N) is 1. The van der Waals surface area contributed by atoms with Crippen LogP contribution in [0.2, 0.25) is 0 Å². The largest absolute Gasteiger partial charge is 0.389 e. The smallest absolute Gasteiger partial charge is 0.108 e. The second kappa shape index (κ2) is 10.6. The highest BCUT2D eigenvalue weighted by Gasteiger charge is 2.35. The molecule has 0 radical (unpaired) electrons. The molecule has 1 rings (SSSR count). The lowest BCUT2D eigenvalue weighted by Gasteiger charge is -2.36. The minimum Gasteiger partial charge on any atom is -0.389 e. The predicted octanol–water partition coefficient (Wildman–Crippen LogP) is 1.96. The number of hydrogen-bond donors (Lipinski definition) is 4. The molecule has 1 fully saturated rings. The number of β-amino-alcohol motifs (C(OH)–C–C–N with tert-alkyl or cyclic N) is 1. The van der Waals surface area contributed by atoms with Gasteiger partial charge >= 0.3 is 0 Å². The summed E-state index contributed by atoms with van der Waals surface area (Å²) in [6.45, 7) is 2.62. The van der Waals surface area contributed by atoms with Gasteiger partial charge in [-0.25, -0.2) is 0 Å². The molecule has 1 heterocycles. The Kier molecular flexibility index (Phi) is 9.44. The van der Waals surface area contributed by atoms with Crippen LogP contribution in [0.4, 0.5) is 0 Å². The van der Waals surface area contributed by atoms with Crippen LogP contribution < -0.4 is 5.32 Å². The fourth-order valence-corrected chi connectivity index (χ4v) is 2.93. The average Bonchev–Trinajstić information content (AvgIpc) is 2.45. The lowest BCUT2D eigenvalue weighted by molar-refractivity contribution is -0.0952. The first-order valence-corrected chi connectivity index (χ1v) is 8.44. The topological polar surface area (TPSA) is 72.7 Å². The lowest BCUT2D eigenvalue weighted by Crippen LogP contribution is -2.59. The molecule has 0 aromatic heterocycles. The Morgan fingerprint density at radius 3 is 1.95 bits per heavy atom. The van der Waals surface area contributed by atoms with E-state index >= 15 is 0 Å². The second-order valence-corrected chi connectivity index (χ2v) is 6.18. The summed E-state index contributed by atoms with van der Waals surface area (Å²) in [5.74, 6) is 0. The second-order valence-electron chi connectivity index (χ2n) is 6.18. The Bertz CT molecular complexity index is 238. The molecule has 0 amide bonds. The van der Waals surface area contributed by atoms with Crippen LogP contribution in [0.1, 0.15) is 71.1 Å². The van der Waals surface area contributed by atoms with Crippen LogP contribution in [-0.4, -0.2) is 46.2 Å². The Morgan fingerprint density at radius 1 is 0.800 bits per heavy atom. The first-order valence-electron chi connectivity index (χ1n) is 8.44. The van der Waals surface area contributed by atoms with Crippen molar-refractivity contribution in [3.63, 3.8) is 0 Å². The van der Waals surface area contributed by atoms with Crippen molar-refractivity contribution in [1.29, 1.82) is 0 Å². The van der Waals surface area contributed by atoms with Crippen LogP contribution in [0.25, 0.3) is 0 Å². The highest BCUT2D eigenvalue weighted by atomic mass is 16.4. The van der Waals surface area contributed by atoms with E-state index in [0.29, 0.717) is 6.54 Å². The molecule has 0 aromatic rings. The van der Waals surface area contributed by atoms with Crippen LogP contribution >= 0.6 is 0 Å².